The van der Waals surface area contributed by atoms with Crippen LogP contribution in [-0.2, 0) is 4.79 Å². The second-order valence-electron chi connectivity index (χ2n) is 3.01. The lowest BCUT2D eigenvalue weighted by atomic mass is 10.2. The Morgan fingerprint density at radius 1 is 1.41 bits per heavy atom. The lowest BCUT2D eigenvalue weighted by Crippen LogP contribution is -2.20. The third-order valence-corrected chi connectivity index (χ3v) is 1.90. The highest BCUT2D eigenvalue weighted by molar-refractivity contribution is 5.96. The van der Waals surface area contributed by atoms with Crippen molar-refractivity contribution >= 4 is 17.6 Å². The summed E-state index contributed by atoms with van der Waals surface area (Å²) >= 11 is 0. The Balaban J connectivity index is 3.06. The predicted molar refractivity (Wildman–Crippen MR) is 54.6 cm³/mol. The van der Waals surface area contributed by atoms with E-state index >= 15 is 0 Å². The van der Waals surface area contributed by atoms with E-state index < -0.39 is 18.3 Å². The van der Waals surface area contributed by atoms with Gasteiger partial charge in [0.25, 0.3) is 5.91 Å². The van der Waals surface area contributed by atoms with Crippen molar-refractivity contribution in [3.63, 3.8) is 0 Å². The van der Waals surface area contributed by atoms with Crippen LogP contribution >= 0.6 is 0 Å². The highest BCUT2D eigenvalue weighted by Gasteiger charge is 2.18. The maximum atomic E-state index is 12.0. The van der Waals surface area contributed by atoms with Gasteiger partial charge < -0.3 is 15.2 Å². The number of ether oxygens (including phenoxy) is 1. The van der Waals surface area contributed by atoms with E-state index in [1.54, 1.807) is 0 Å². The summed E-state index contributed by atoms with van der Waals surface area (Å²) < 4.78 is 28.9. The molecule has 0 spiro atoms. The Labute approximate surface area is 95.0 Å². The molecule has 0 saturated heterocycles. The summed E-state index contributed by atoms with van der Waals surface area (Å²) in [5, 5.41) is 10.6. The number of benzene rings is 1. The number of aromatic carboxylic acids is 1. The van der Waals surface area contributed by atoms with Gasteiger partial charge in [0.05, 0.1) is 18.4 Å². The lowest BCUT2D eigenvalue weighted by molar-refractivity contribution is -0.126. The lowest BCUT2D eigenvalue weighted by Gasteiger charge is -2.10. The first-order valence-electron chi connectivity index (χ1n) is 4.46. The number of alkyl halides is 2. The quantitative estimate of drug-likeness (QED) is 0.844. The van der Waals surface area contributed by atoms with E-state index in [1.165, 1.54) is 19.2 Å². The third kappa shape index (κ3) is 3.13. The van der Waals surface area contributed by atoms with E-state index in [0.717, 1.165) is 6.07 Å². The van der Waals surface area contributed by atoms with Crippen molar-refractivity contribution in [2.45, 2.75) is 6.43 Å². The molecule has 0 aliphatic carbocycles. The van der Waals surface area contributed by atoms with Crippen LogP contribution in [0.15, 0.2) is 18.2 Å². The first-order chi connectivity index (χ1) is 7.95. The van der Waals surface area contributed by atoms with Crippen LogP contribution in [0.25, 0.3) is 0 Å². The van der Waals surface area contributed by atoms with Gasteiger partial charge in [-0.2, -0.15) is 8.78 Å². The number of halogens is 2. The van der Waals surface area contributed by atoms with Crippen LogP contribution in [0.2, 0.25) is 0 Å². The molecule has 7 heteroatoms. The van der Waals surface area contributed by atoms with E-state index in [9.17, 15) is 18.4 Å². The fourth-order valence-electron chi connectivity index (χ4n) is 1.13. The monoisotopic (exact) mass is 245 g/mol. The molecule has 17 heavy (non-hydrogen) atoms. The van der Waals surface area contributed by atoms with Crippen molar-refractivity contribution in [3.8, 4) is 5.75 Å². The molecule has 1 amide bonds. The standard InChI is InChI=1S/C10H9F2NO4/c1-17-7-3-2-5(10(15)16)4-6(7)13-9(14)8(11)12/h2-4,8H,1H3,(H,13,14)(H,15,16). The SMILES string of the molecule is COc1ccc(C(=O)O)cc1NC(=O)C(F)F. The molecule has 92 valence electrons. The molecule has 1 rings (SSSR count). The summed E-state index contributed by atoms with van der Waals surface area (Å²) in [4.78, 5) is 21.5. The average molecular weight is 245 g/mol. The van der Waals surface area contributed by atoms with Crippen LogP contribution in [0, 0.1) is 0 Å². The molecule has 0 fully saturated rings. The van der Waals surface area contributed by atoms with Crippen molar-refractivity contribution < 1.29 is 28.2 Å². The minimum Gasteiger partial charge on any atom is -0.495 e. The molecule has 0 bridgehead atoms. The summed E-state index contributed by atoms with van der Waals surface area (Å²) in [6.07, 6.45) is -3.19. The number of carboxylic acid groups (broad SMARTS) is 1. The van der Waals surface area contributed by atoms with Crippen molar-refractivity contribution in [2.24, 2.45) is 0 Å². The number of methoxy groups -OCH3 is 1. The van der Waals surface area contributed by atoms with Crippen LogP contribution < -0.4 is 10.1 Å². The average Bonchev–Trinajstić information content (AvgIpc) is 2.28. The highest BCUT2D eigenvalue weighted by Crippen LogP contribution is 2.25. The fourth-order valence-corrected chi connectivity index (χ4v) is 1.13. The number of carboxylic acids is 1. The van der Waals surface area contributed by atoms with Crippen molar-refractivity contribution in [1.82, 2.24) is 0 Å². The van der Waals surface area contributed by atoms with E-state index in [2.05, 4.69) is 0 Å². The van der Waals surface area contributed by atoms with Gasteiger partial charge in [-0.05, 0) is 18.2 Å². The zero-order valence-corrected chi connectivity index (χ0v) is 8.74. The van der Waals surface area contributed by atoms with E-state index in [4.69, 9.17) is 9.84 Å². The number of carbonyl (C=O) groups is 2. The number of rotatable bonds is 4. The Morgan fingerprint density at radius 3 is 2.53 bits per heavy atom. The number of carbonyl (C=O) groups excluding carboxylic acids is 1. The largest absolute Gasteiger partial charge is 0.495 e. The molecule has 1 aromatic rings. The van der Waals surface area contributed by atoms with Gasteiger partial charge in [0.1, 0.15) is 5.75 Å². The van der Waals surface area contributed by atoms with Crippen molar-refractivity contribution in [2.75, 3.05) is 12.4 Å². The second kappa shape index (κ2) is 5.24. The first-order valence-corrected chi connectivity index (χ1v) is 4.46. The van der Waals surface area contributed by atoms with Gasteiger partial charge in [0, 0.05) is 0 Å². The Kier molecular flexibility index (Phi) is 3.97. The van der Waals surface area contributed by atoms with Gasteiger partial charge in [-0.25, -0.2) is 4.79 Å². The zero-order chi connectivity index (χ0) is 13.0. The minimum absolute atomic E-state index is 0.101. The normalized spacial score (nSPS) is 10.1. The molecule has 2 N–H and O–H groups in total. The Bertz CT molecular complexity index is 448. The number of hydrogen-bond acceptors (Lipinski definition) is 3. The zero-order valence-electron chi connectivity index (χ0n) is 8.74. The Hall–Kier alpha value is -2.18. The number of nitrogens with one attached hydrogen (secondary N) is 1. The van der Waals surface area contributed by atoms with Crippen LogP contribution in [0.5, 0.6) is 5.75 Å². The molecule has 0 radical (unpaired) electrons. The maximum absolute atomic E-state index is 12.0. The van der Waals surface area contributed by atoms with Crippen molar-refractivity contribution in [1.29, 1.82) is 0 Å². The second-order valence-corrected chi connectivity index (χ2v) is 3.01. The molecule has 0 unspecified atom stereocenters. The summed E-state index contributed by atoms with van der Waals surface area (Å²) in [6.45, 7) is 0. The number of hydrogen-bond donors (Lipinski definition) is 2. The molecular weight excluding hydrogens is 236 g/mol. The van der Waals surface area contributed by atoms with Crippen molar-refractivity contribution in [3.05, 3.63) is 23.8 Å². The Morgan fingerprint density at radius 2 is 2.06 bits per heavy atom. The van der Waals surface area contributed by atoms with E-state index in [0.29, 0.717) is 0 Å². The van der Waals surface area contributed by atoms with Gasteiger partial charge in [0.2, 0.25) is 0 Å². The van der Waals surface area contributed by atoms with E-state index in [1.807, 2.05) is 5.32 Å². The molecule has 0 aliphatic heterocycles. The minimum atomic E-state index is -3.19. The summed E-state index contributed by atoms with van der Waals surface area (Å²) in [6, 6.07) is 3.55. The molecule has 0 heterocycles. The van der Waals surface area contributed by atoms with E-state index in [-0.39, 0.29) is 17.0 Å². The van der Waals surface area contributed by atoms with Crippen LogP contribution in [-0.4, -0.2) is 30.5 Å². The summed E-state index contributed by atoms with van der Waals surface area (Å²) in [5.74, 6) is -2.66. The van der Waals surface area contributed by atoms with Gasteiger partial charge >= 0.3 is 12.4 Å². The highest BCUT2D eigenvalue weighted by atomic mass is 19.3. The fraction of sp³-hybridized carbons (Fsp3) is 0.200. The number of amides is 1. The summed E-state index contributed by atoms with van der Waals surface area (Å²) in [5.41, 5.74) is -0.256. The van der Waals surface area contributed by atoms with Crippen LogP contribution in [0.3, 0.4) is 0 Å². The van der Waals surface area contributed by atoms with Crippen LogP contribution in [0.1, 0.15) is 10.4 Å². The molecule has 0 saturated carbocycles. The maximum Gasteiger partial charge on any atom is 0.335 e. The molecule has 0 atom stereocenters. The molecular formula is C10H9F2NO4. The topological polar surface area (TPSA) is 75.6 Å². The smallest absolute Gasteiger partial charge is 0.335 e. The molecule has 0 aromatic heterocycles. The molecule has 5 nitrogen and oxygen atoms in total. The molecule has 0 aliphatic rings. The van der Waals surface area contributed by atoms with Crippen LogP contribution in [0.4, 0.5) is 14.5 Å². The third-order valence-electron chi connectivity index (χ3n) is 1.90. The number of anilines is 1. The summed E-state index contributed by atoms with van der Waals surface area (Å²) in [7, 11) is 1.27. The van der Waals surface area contributed by atoms with Gasteiger partial charge in [-0.15, -0.1) is 0 Å². The molecule has 1 aromatic carbocycles. The van der Waals surface area contributed by atoms with Gasteiger partial charge in [-0.3, -0.25) is 4.79 Å². The predicted octanol–water partition coefficient (Wildman–Crippen LogP) is 1.60. The van der Waals surface area contributed by atoms with Gasteiger partial charge in [-0.1, -0.05) is 0 Å². The first kappa shape index (κ1) is 12.9. The van der Waals surface area contributed by atoms with Gasteiger partial charge in [0.15, 0.2) is 0 Å².